The number of nitrogens with zero attached hydrogens (tertiary/aromatic N) is 3. The van der Waals surface area contributed by atoms with Gasteiger partial charge in [0.25, 0.3) is 5.91 Å². The van der Waals surface area contributed by atoms with Crippen molar-refractivity contribution in [3.63, 3.8) is 0 Å². The van der Waals surface area contributed by atoms with Gasteiger partial charge < -0.3 is 19.4 Å². The largest absolute Gasteiger partial charge is 0.493 e. The molecule has 2 aromatic carbocycles. The van der Waals surface area contributed by atoms with E-state index in [1.807, 2.05) is 90.1 Å². The summed E-state index contributed by atoms with van der Waals surface area (Å²) in [5, 5.41) is 7.72. The van der Waals surface area contributed by atoms with Crippen LogP contribution in [-0.4, -0.2) is 34.5 Å². The fourth-order valence-electron chi connectivity index (χ4n) is 3.70. The molecule has 0 saturated carbocycles. The number of aromatic nitrogens is 3. The van der Waals surface area contributed by atoms with Crippen molar-refractivity contribution in [3.05, 3.63) is 89.4 Å². The first kappa shape index (κ1) is 21.2. The second kappa shape index (κ2) is 9.01. The van der Waals surface area contributed by atoms with Crippen LogP contribution in [0.2, 0.25) is 0 Å². The molecule has 1 amide bonds. The van der Waals surface area contributed by atoms with Gasteiger partial charge in [0, 0.05) is 18.9 Å². The third kappa shape index (κ3) is 4.09. The standard InChI is InChI=1S/C25H26N4O3/c1-17-8-7-9-20(14-17)29-25(28-12-5-6-13-28)23(18(2)27-29)24(30)26-16-19-10-11-21(31-3)22(15-19)32-4/h5-15H,16H2,1-4H3,(H,26,30). The average Bonchev–Trinajstić information content (AvgIpc) is 3.44. The van der Waals surface area contributed by atoms with Gasteiger partial charge in [0.05, 0.1) is 25.6 Å². The van der Waals surface area contributed by atoms with Crippen molar-refractivity contribution in [3.8, 4) is 23.0 Å². The molecule has 7 nitrogen and oxygen atoms in total. The van der Waals surface area contributed by atoms with E-state index in [0.717, 1.165) is 16.8 Å². The molecule has 0 spiro atoms. The van der Waals surface area contributed by atoms with Gasteiger partial charge in [0.15, 0.2) is 17.3 Å². The molecule has 4 aromatic rings. The second-order valence-electron chi connectivity index (χ2n) is 7.50. The number of hydrogen-bond donors (Lipinski definition) is 1. The van der Waals surface area contributed by atoms with Gasteiger partial charge in [-0.2, -0.15) is 5.10 Å². The second-order valence-corrected chi connectivity index (χ2v) is 7.50. The SMILES string of the molecule is COc1ccc(CNC(=O)c2c(C)nn(-c3cccc(C)c3)c2-n2cccc2)cc1OC. The maximum atomic E-state index is 13.3. The number of benzene rings is 2. The van der Waals surface area contributed by atoms with Gasteiger partial charge in [-0.15, -0.1) is 0 Å². The van der Waals surface area contributed by atoms with Crippen LogP contribution in [0.1, 0.15) is 27.2 Å². The Morgan fingerprint density at radius 1 is 0.969 bits per heavy atom. The van der Waals surface area contributed by atoms with Gasteiger partial charge in [-0.05, 0) is 61.4 Å². The number of carbonyl (C=O) groups excluding carboxylic acids is 1. The molecular weight excluding hydrogens is 404 g/mol. The minimum atomic E-state index is -0.195. The lowest BCUT2D eigenvalue weighted by Crippen LogP contribution is -2.24. The molecule has 0 aliphatic heterocycles. The monoisotopic (exact) mass is 430 g/mol. The summed E-state index contributed by atoms with van der Waals surface area (Å²) in [7, 11) is 3.18. The molecule has 164 valence electrons. The van der Waals surface area contributed by atoms with E-state index in [2.05, 4.69) is 5.32 Å². The molecule has 0 unspecified atom stereocenters. The molecule has 0 bridgehead atoms. The van der Waals surface area contributed by atoms with Crippen LogP contribution in [0.5, 0.6) is 11.5 Å². The Morgan fingerprint density at radius 2 is 1.72 bits per heavy atom. The summed E-state index contributed by atoms with van der Waals surface area (Å²) < 4.78 is 14.4. The zero-order valence-corrected chi connectivity index (χ0v) is 18.6. The normalized spacial score (nSPS) is 10.8. The van der Waals surface area contributed by atoms with Gasteiger partial charge >= 0.3 is 0 Å². The summed E-state index contributed by atoms with van der Waals surface area (Å²) in [4.78, 5) is 13.3. The smallest absolute Gasteiger partial charge is 0.257 e. The molecular formula is C25H26N4O3. The van der Waals surface area contributed by atoms with E-state index in [4.69, 9.17) is 14.6 Å². The lowest BCUT2D eigenvalue weighted by molar-refractivity contribution is 0.0950. The average molecular weight is 431 g/mol. The van der Waals surface area contributed by atoms with Crippen molar-refractivity contribution in [2.45, 2.75) is 20.4 Å². The molecule has 0 fully saturated rings. The van der Waals surface area contributed by atoms with Crippen LogP contribution in [0, 0.1) is 13.8 Å². The minimum Gasteiger partial charge on any atom is -0.493 e. The topological polar surface area (TPSA) is 70.3 Å². The molecule has 1 N–H and O–H groups in total. The third-order valence-electron chi connectivity index (χ3n) is 5.26. The Bertz CT molecular complexity index is 1240. The number of amides is 1. The van der Waals surface area contributed by atoms with Crippen LogP contribution < -0.4 is 14.8 Å². The molecule has 0 saturated heterocycles. The van der Waals surface area contributed by atoms with E-state index < -0.39 is 0 Å². The number of aryl methyl sites for hydroxylation is 2. The van der Waals surface area contributed by atoms with Crippen LogP contribution >= 0.6 is 0 Å². The van der Waals surface area contributed by atoms with Crippen molar-refractivity contribution in [2.24, 2.45) is 0 Å². The summed E-state index contributed by atoms with van der Waals surface area (Å²) in [5.41, 5.74) is 4.11. The Labute approximate surface area is 187 Å². The molecule has 0 radical (unpaired) electrons. The van der Waals surface area contributed by atoms with Crippen molar-refractivity contribution in [2.75, 3.05) is 14.2 Å². The van der Waals surface area contributed by atoms with E-state index in [9.17, 15) is 4.79 Å². The van der Waals surface area contributed by atoms with Crippen LogP contribution in [0.4, 0.5) is 0 Å². The first-order valence-corrected chi connectivity index (χ1v) is 10.3. The maximum Gasteiger partial charge on any atom is 0.257 e. The molecule has 4 rings (SSSR count). The number of nitrogens with one attached hydrogen (secondary N) is 1. The number of hydrogen-bond acceptors (Lipinski definition) is 4. The Hall–Kier alpha value is -4.00. The van der Waals surface area contributed by atoms with Gasteiger partial charge in [0.1, 0.15) is 5.56 Å². The molecule has 2 heterocycles. The van der Waals surface area contributed by atoms with Gasteiger partial charge in [-0.1, -0.05) is 18.2 Å². The zero-order chi connectivity index (χ0) is 22.7. The minimum absolute atomic E-state index is 0.195. The van der Waals surface area contributed by atoms with Crippen molar-refractivity contribution < 1.29 is 14.3 Å². The molecule has 7 heteroatoms. The first-order valence-electron chi connectivity index (χ1n) is 10.3. The van der Waals surface area contributed by atoms with E-state index in [0.29, 0.717) is 35.1 Å². The van der Waals surface area contributed by atoms with Crippen LogP contribution in [0.15, 0.2) is 67.0 Å². The molecule has 2 aromatic heterocycles. The molecule has 0 atom stereocenters. The van der Waals surface area contributed by atoms with Gasteiger partial charge in [-0.25, -0.2) is 4.68 Å². The Kier molecular flexibility index (Phi) is 5.98. The predicted octanol–water partition coefficient (Wildman–Crippen LogP) is 4.23. The van der Waals surface area contributed by atoms with E-state index >= 15 is 0 Å². The highest BCUT2D eigenvalue weighted by molar-refractivity contribution is 5.98. The summed E-state index contributed by atoms with van der Waals surface area (Å²) >= 11 is 0. The quantitative estimate of drug-likeness (QED) is 0.476. The maximum absolute atomic E-state index is 13.3. The number of rotatable bonds is 7. The molecule has 32 heavy (non-hydrogen) atoms. The van der Waals surface area contributed by atoms with Crippen LogP contribution in [-0.2, 0) is 6.54 Å². The lowest BCUT2D eigenvalue weighted by atomic mass is 10.1. The Balaban J connectivity index is 1.68. The third-order valence-corrected chi connectivity index (χ3v) is 5.26. The first-order chi connectivity index (χ1) is 15.5. The fourth-order valence-corrected chi connectivity index (χ4v) is 3.70. The number of carbonyl (C=O) groups is 1. The predicted molar refractivity (Wildman–Crippen MR) is 123 cm³/mol. The molecule has 0 aliphatic rings. The van der Waals surface area contributed by atoms with Crippen LogP contribution in [0.25, 0.3) is 11.5 Å². The number of methoxy groups -OCH3 is 2. The zero-order valence-electron chi connectivity index (χ0n) is 18.6. The highest BCUT2D eigenvalue weighted by Crippen LogP contribution is 2.28. The van der Waals surface area contributed by atoms with Gasteiger partial charge in [-0.3, -0.25) is 4.79 Å². The van der Waals surface area contributed by atoms with E-state index in [1.165, 1.54) is 0 Å². The van der Waals surface area contributed by atoms with Crippen molar-refractivity contribution in [1.29, 1.82) is 0 Å². The highest BCUT2D eigenvalue weighted by Gasteiger charge is 2.23. The van der Waals surface area contributed by atoms with E-state index in [-0.39, 0.29) is 5.91 Å². The number of ether oxygens (including phenoxy) is 2. The summed E-state index contributed by atoms with van der Waals surface area (Å²) in [5.74, 6) is 1.77. The fraction of sp³-hybridized carbons (Fsp3) is 0.200. The Morgan fingerprint density at radius 3 is 2.41 bits per heavy atom. The van der Waals surface area contributed by atoms with E-state index in [1.54, 1.807) is 14.2 Å². The van der Waals surface area contributed by atoms with Crippen molar-refractivity contribution >= 4 is 5.91 Å². The summed E-state index contributed by atoms with van der Waals surface area (Å²) in [6.45, 7) is 4.23. The highest BCUT2D eigenvalue weighted by atomic mass is 16.5. The molecule has 0 aliphatic carbocycles. The van der Waals surface area contributed by atoms with Crippen LogP contribution in [0.3, 0.4) is 0 Å². The van der Waals surface area contributed by atoms with Gasteiger partial charge in [0.2, 0.25) is 0 Å². The summed E-state index contributed by atoms with van der Waals surface area (Å²) in [6, 6.07) is 17.5. The summed E-state index contributed by atoms with van der Waals surface area (Å²) in [6.07, 6.45) is 3.82. The van der Waals surface area contributed by atoms with Crippen molar-refractivity contribution in [1.82, 2.24) is 19.7 Å². The lowest BCUT2D eigenvalue weighted by Gasteiger charge is -2.13.